The van der Waals surface area contributed by atoms with E-state index in [1.165, 1.54) is 82.8 Å². The van der Waals surface area contributed by atoms with Crippen LogP contribution in [0.2, 0.25) is 0 Å². The van der Waals surface area contributed by atoms with Crippen LogP contribution in [0.3, 0.4) is 0 Å². The second-order valence-corrected chi connectivity index (χ2v) is 17.6. The molecule has 0 saturated carbocycles. The molecule has 0 radical (unpaired) electrons. The molecule has 8 aromatic rings. The quantitative estimate of drug-likeness (QED) is 0.177. The molecule has 6 aromatic carbocycles. The Kier molecular flexibility index (Phi) is 7.61. The number of fused-ring (bicyclic) bond motifs is 6. The van der Waals surface area contributed by atoms with Crippen molar-refractivity contribution in [1.29, 1.82) is 0 Å². The van der Waals surface area contributed by atoms with Gasteiger partial charge in [0.2, 0.25) is 0 Å². The van der Waals surface area contributed by atoms with E-state index in [0.717, 1.165) is 6.42 Å². The van der Waals surface area contributed by atoms with E-state index in [0.29, 0.717) is 0 Å². The Hall–Kier alpha value is -5.08. The van der Waals surface area contributed by atoms with Gasteiger partial charge >= 0.3 is 0 Å². The van der Waals surface area contributed by atoms with Crippen LogP contribution < -0.4 is 0 Å². The summed E-state index contributed by atoms with van der Waals surface area (Å²) < 4.78 is 5.08. The van der Waals surface area contributed by atoms with Gasteiger partial charge in [-0.3, -0.25) is 0 Å². The standard InChI is InChI=1S/C49H50N2/c1-47(2,3)34-29-35(48(4,5)6)31-36(30-34)50-41-25-17-20-33(28-32-18-11-10-12-19-32)44(41)45-42(50)26-27-43(46(45)49(7,8)9)51-39-23-15-13-21-37(39)38-22-14-16-24-40(38)51/h10-27,29-31H,28H2,1-9H3. The lowest BCUT2D eigenvalue weighted by Gasteiger charge is -2.27. The molecule has 0 unspecified atom stereocenters. The molecule has 0 bridgehead atoms. The highest BCUT2D eigenvalue weighted by molar-refractivity contribution is 6.15. The summed E-state index contributed by atoms with van der Waals surface area (Å²) in [7, 11) is 0. The van der Waals surface area contributed by atoms with Crippen LogP contribution in [0.4, 0.5) is 0 Å². The molecule has 0 amide bonds. The third kappa shape index (κ3) is 5.57. The van der Waals surface area contributed by atoms with Crippen molar-refractivity contribution in [3.8, 4) is 11.4 Å². The van der Waals surface area contributed by atoms with Gasteiger partial charge in [0.1, 0.15) is 0 Å². The van der Waals surface area contributed by atoms with Gasteiger partial charge in [-0.05, 0) is 92.9 Å². The molecule has 0 aliphatic rings. The van der Waals surface area contributed by atoms with Crippen molar-refractivity contribution in [1.82, 2.24) is 9.13 Å². The summed E-state index contributed by atoms with van der Waals surface area (Å²) in [6.07, 6.45) is 0.871. The topological polar surface area (TPSA) is 9.86 Å². The Balaban J connectivity index is 1.56. The van der Waals surface area contributed by atoms with Gasteiger partial charge in [0.25, 0.3) is 0 Å². The summed E-state index contributed by atoms with van der Waals surface area (Å²) in [5, 5.41) is 5.27. The highest BCUT2D eigenvalue weighted by atomic mass is 15.0. The first-order valence-corrected chi connectivity index (χ1v) is 18.5. The minimum absolute atomic E-state index is 0.00745. The molecule has 256 valence electrons. The molecule has 51 heavy (non-hydrogen) atoms. The van der Waals surface area contributed by atoms with Crippen molar-refractivity contribution in [2.45, 2.75) is 85.0 Å². The number of hydrogen-bond acceptors (Lipinski definition) is 0. The highest BCUT2D eigenvalue weighted by Gasteiger charge is 2.30. The highest BCUT2D eigenvalue weighted by Crippen LogP contribution is 2.46. The van der Waals surface area contributed by atoms with Crippen LogP contribution in [0.5, 0.6) is 0 Å². The van der Waals surface area contributed by atoms with E-state index in [1.54, 1.807) is 0 Å². The Morgan fingerprint density at radius 1 is 0.431 bits per heavy atom. The number of aromatic nitrogens is 2. The molecule has 0 atom stereocenters. The maximum absolute atomic E-state index is 2.56. The maximum atomic E-state index is 2.56. The Morgan fingerprint density at radius 2 is 0.961 bits per heavy atom. The maximum Gasteiger partial charge on any atom is 0.0545 e. The number of para-hydroxylation sites is 2. The lowest BCUT2D eigenvalue weighted by Crippen LogP contribution is -2.17. The molecular weight excluding hydrogens is 617 g/mol. The lowest BCUT2D eigenvalue weighted by atomic mass is 9.80. The van der Waals surface area contributed by atoms with Gasteiger partial charge in [-0.1, -0.05) is 147 Å². The van der Waals surface area contributed by atoms with Crippen LogP contribution in [0.15, 0.2) is 127 Å². The van der Waals surface area contributed by atoms with Gasteiger partial charge in [0, 0.05) is 27.2 Å². The van der Waals surface area contributed by atoms with E-state index < -0.39 is 0 Å². The molecule has 0 fully saturated rings. The minimum Gasteiger partial charge on any atom is -0.309 e. The van der Waals surface area contributed by atoms with Crippen molar-refractivity contribution in [2.75, 3.05) is 0 Å². The second-order valence-electron chi connectivity index (χ2n) is 17.6. The molecule has 2 aromatic heterocycles. The van der Waals surface area contributed by atoms with E-state index in [9.17, 15) is 0 Å². The smallest absolute Gasteiger partial charge is 0.0545 e. The van der Waals surface area contributed by atoms with E-state index in [2.05, 4.69) is 199 Å². The minimum atomic E-state index is -0.163. The summed E-state index contributed by atoms with van der Waals surface area (Å²) >= 11 is 0. The van der Waals surface area contributed by atoms with Gasteiger partial charge < -0.3 is 9.13 Å². The molecular formula is C49H50N2. The van der Waals surface area contributed by atoms with Crippen LogP contribution in [0.25, 0.3) is 55.0 Å². The van der Waals surface area contributed by atoms with Crippen molar-refractivity contribution in [2.24, 2.45) is 0 Å². The van der Waals surface area contributed by atoms with Gasteiger partial charge in [-0.2, -0.15) is 0 Å². The van der Waals surface area contributed by atoms with Gasteiger partial charge in [0.05, 0.1) is 27.8 Å². The van der Waals surface area contributed by atoms with Crippen molar-refractivity contribution < 1.29 is 0 Å². The average Bonchev–Trinajstić information content (AvgIpc) is 3.60. The summed E-state index contributed by atoms with van der Waals surface area (Å²) in [4.78, 5) is 0. The third-order valence-corrected chi connectivity index (χ3v) is 10.7. The molecule has 2 heterocycles. The van der Waals surface area contributed by atoms with Crippen molar-refractivity contribution in [3.05, 3.63) is 155 Å². The number of nitrogens with zero attached hydrogens (tertiary/aromatic N) is 2. The molecule has 2 nitrogen and oxygen atoms in total. The first-order valence-electron chi connectivity index (χ1n) is 18.5. The fourth-order valence-electron chi connectivity index (χ4n) is 8.19. The largest absolute Gasteiger partial charge is 0.309 e. The van der Waals surface area contributed by atoms with Crippen molar-refractivity contribution in [3.63, 3.8) is 0 Å². The molecule has 8 rings (SSSR count). The molecule has 2 heteroatoms. The molecule has 0 saturated heterocycles. The average molecular weight is 667 g/mol. The Labute approximate surface area is 303 Å². The predicted molar refractivity (Wildman–Crippen MR) is 220 cm³/mol. The fraction of sp³-hybridized carbons (Fsp3) is 0.265. The van der Waals surface area contributed by atoms with Crippen LogP contribution in [0, 0.1) is 0 Å². The Morgan fingerprint density at radius 3 is 1.53 bits per heavy atom. The first kappa shape index (κ1) is 33.1. The van der Waals surface area contributed by atoms with Gasteiger partial charge in [-0.15, -0.1) is 0 Å². The van der Waals surface area contributed by atoms with Crippen LogP contribution >= 0.6 is 0 Å². The predicted octanol–water partition coefficient (Wildman–Crippen LogP) is 13.4. The van der Waals surface area contributed by atoms with E-state index in [4.69, 9.17) is 0 Å². The normalized spacial score (nSPS) is 12.9. The van der Waals surface area contributed by atoms with Gasteiger partial charge in [-0.25, -0.2) is 0 Å². The molecule has 0 aliphatic heterocycles. The lowest BCUT2D eigenvalue weighted by molar-refractivity contribution is 0.568. The zero-order valence-corrected chi connectivity index (χ0v) is 31.7. The number of hydrogen-bond donors (Lipinski definition) is 0. The SMILES string of the molecule is CC(C)(C)c1cc(-n2c3cccc(Cc4ccccc4)c3c3c(C(C)(C)C)c(-n4c5ccccc5c5ccccc54)ccc32)cc(C(C)(C)C)c1. The number of benzene rings is 6. The second kappa shape index (κ2) is 11.7. The third-order valence-electron chi connectivity index (χ3n) is 10.7. The summed E-state index contributed by atoms with van der Waals surface area (Å²) in [6, 6.07) is 47.8. The summed E-state index contributed by atoms with van der Waals surface area (Å²) in [5.74, 6) is 0. The zero-order chi connectivity index (χ0) is 35.9. The van der Waals surface area contributed by atoms with E-state index >= 15 is 0 Å². The van der Waals surface area contributed by atoms with Crippen LogP contribution in [-0.4, -0.2) is 9.13 Å². The van der Waals surface area contributed by atoms with E-state index in [1.807, 2.05) is 0 Å². The number of rotatable bonds is 4. The summed E-state index contributed by atoms with van der Waals surface area (Å²) in [6.45, 7) is 21.2. The fourth-order valence-corrected chi connectivity index (χ4v) is 8.19. The van der Waals surface area contributed by atoms with Crippen LogP contribution in [-0.2, 0) is 22.7 Å². The first-order chi connectivity index (χ1) is 24.2. The zero-order valence-electron chi connectivity index (χ0n) is 31.7. The van der Waals surface area contributed by atoms with E-state index in [-0.39, 0.29) is 16.2 Å². The Bertz CT molecular complexity index is 2500. The van der Waals surface area contributed by atoms with Gasteiger partial charge in [0.15, 0.2) is 0 Å². The van der Waals surface area contributed by atoms with Crippen LogP contribution in [0.1, 0.15) is 90.1 Å². The summed E-state index contributed by atoms with van der Waals surface area (Å²) in [5.41, 5.74) is 14.1. The molecule has 0 N–H and O–H groups in total. The van der Waals surface area contributed by atoms with Crippen molar-refractivity contribution >= 4 is 43.6 Å². The monoisotopic (exact) mass is 666 g/mol. The molecule has 0 aliphatic carbocycles. The molecule has 0 spiro atoms.